The maximum Gasteiger partial charge on any atom is 0.417 e. The topological polar surface area (TPSA) is 78.8 Å². The lowest BCUT2D eigenvalue weighted by Gasteiger charge is -2.38. The van der Waals surface area contributed by atoms with Crippen LogP contribution in [-0.4, -0.2) is 41.3 Å². The maximum absolute atomic E-state index is 13.2. The third-order valence-electron chi connectivity index (χ3n) is 6.94. The van der Waals surface area contributed by atoms with Crippen LogP contribution in [-0.2, 0) is 4.74 Å². The summed E-state index contributed by atoms with van der Waals surface area (Å²) in [5.41, 5.74) is 2.81. The third kappa shape index (κ3) is 4.37. The molecule has 1 aliphatic carbocycles. The standard InChI is InChI=1S/C24H26FN3O4.ClH/c1-14-22(27(2)18-9-5-16(6-10-18)15-3-7-17(25)8-4-15)32-24(30)28(14)19-11-12-20-21(13-19)31-23(29)26-20;/h3-4,7-8,11-14,16,18,22H,5-6,9-10H2,1-2H3,(H,26,29);1H/t14-,16?,18?,22+;/m0./s1. The summed E-state index contributed by atoms with van der Waals surface area (Å²) in [6.07, 6.45) is 3.22. The van der Waals surface area contributed by atoms with Crippen LogP contribution in [0.1, 0.15) is 44.1 Å². The van der Waals surface area contributed by atoms with Crippen molar-refractivity contribution >= 4 is 35.3 Å². The van der Waals surface area contributed by atoms with Crippen LogP contribution in [0.2, 0.25) is 0 Å². The van der Waals surface area contributed by atoms with Gasteiger partial charge in [-0.1, -0.05) is 12.1 Å². The van der Waals surface area contributed by atoms with Crippen LogP contribution in [0, 0.1) is 5.82 Å². The largest absolute Gasteiger partial charge is 0.428 e. The minimum absolute atomic E-state index is 0. The van der Waals surface area contributed by atoms with E-state index in [0.717, 1.165) is 25.7 Å². The SMILES string of the molecule is C[C@H]1[C@H](N(C)C2CCC(c3ccc(F)cc3)CC2)OC(=O)N1c1ccc2[nH]c(=O)oc2c1.Cl. The van der Waals surface area contributed by atoms with Crippen LogP contribution in [0.25, 0.3) is 11.1 Å². The van der Waals surface area contributed by atoms with Gasteiger partial charge in [0.15, 0.2) is 11.8 Å². The van der Waals surface area contributed by atoms with Gasteiger partial charge in [0.25, 0.3) is 0 Å². The predicted octanol–water partition coefficient (Wildman–Crippen LogP) is 5.01. The summed E-state index contributed by atoms with van der Waals surface area (Å²) in [5.74, 6) is -0.298. The molecule has 33 heavy (non-hydrogen) atoms. The minimum atomic E-state index is -0.525. The van der Waals surface area contributed by atoms with Gasteiger partial charge in [-0.15, -0.1) is 12.4 Å². The Labute approximate surface area is 196 Å². The number of hydrogen-bond acceptors (Lipinski definition) is 5. The Morgan fingerprint density at radius 3 is 2.45 bits per heavy atom. The number of carbonyl (C=O) groups is 1. The molecule has 176 valence electrons. The van der Waals surface area contributed by atoms with Gasteiger partial charge in [0, 0.05) is 12.1 Å². The summed E-state index contributed by atoms with van der Waals surface area (Å²) in [4.78, 5) is 30.6. The van der Waals surface area contributed by atoms with E-state index >= 15 is 0 Å². The monoisotopic (exact) mass is 475 g/mol. The van der Waals surface area contributed by atoms with Gasteiger partial charge in [-0.3, -0.25) is 14.8 Å². The van der Waals surface area contributed by atoms with E-state index in [1.807, 2.05) is 26.1 Å². The minimum Gasteiger partial charge on any atom is -0.428 e. The molecule has 1 saturated heterocycles. The molecule has 1 amide bonds. The van der Waals surface area contributed by atoms with Crippen molar-refractivity contribution in [2.45, 2.75) is 56.8 Å². The number of rotatable bonds is 4. The van der Waals surface area contributed by atoms with Crippen molar-refractivity contribution in [1.82, 2.24) is 9.88 Å². The van der Waals surface area contributed by atoms with Crippen molar-refractivity contribution in [3.63, 3.8) is 0 Å². The van der Waals surface area contributed by atoms with Crippen molar-refractivity contribution in [3.05, 3.63) is 64.4 Å². The number of amides is 1. The van der Waals surface area contributed by atoms with Gasteiger partial charge >= 0.3 is 11.8 Å². The third-order valence-corrected chi connectivity index (χ3v) is 6.94. The van der Waals surface area contributed by atoms with E-state index in [4.69, 9.17) is 9.15 Å². The second-order valence-corrected chi connectivity index (χ2v) is 8.80. The molecule has 7 nitrogen and oxygen atoms in total. The summed E-state index contributed by atoms with van der Waals surface area (Å²) in [5, 5.41) is 0. The van der Waals surface area contributed by atoms with Crippen LogP contribution >= 0.6 is 12.4 Å². The Hall–Kier alpha value is -2.84. The molecule has 0 radical (unpaired) electrons. The molecule has 2 heterocycles. The molecule has 2 fully saturated rings. The summed E-state index contributed by atoms with van der Waals surface area (Å²) < 4.78 is 24.1. The normalized spacial score (nSPS) is 25.3. The molecule has 3 aromatic rings. The fourth-order valence-corrected chi connectivity index (χ4v) is 5.16. The van der Waals surface area contributed by atoms with Gasteiger partial charge in [-0.25, -0.2) is 14.0 Å². The first-order valence-corrected chi connectivity index (χ1v) is 11.0. The molecule has 2 aromatic carbocycles. The van der Waals surface area contributed by atoms with Crippen molar-refractivity contribution in [2.24, 2.45) is 0 Å². The Morgan fingerprint density at radius 2 is 1.76 bits per heavy atom. The molecule has 1 aliphatic heterocycles. The Balaban J connectivity index is 0.00000259. The zero-order chi connectivity index (χ0) is 22.4. The summed E-state index contributed by atoms with van der Waals surface area (Å²) >= 11 is 0. The number of aromatic amines is 1. The average molecular weight is 476 g/mol. The van der Waals surface area contributed by atoms with Crippen LogP contribution in [0.15, 0.2) is 51.7 Å². The van der Waals surface area contributed by atoms with Gasteiger partial charge in [0.1, 0.15) is 5.82 Å². The Kier molecular flexibility index (Phi) is 6.50. The number of halogens is 2. The van der Waals surface area contributed by atoms with E-state index in [1.165, 1.54) is 17.7 Å². The van der Waals surface area contributed by atoms with Crippen molar-refractivity contribution in [2.75, 3.05) is 11.9 Å². The molecule has 2 atom stereocenters. The number of aromatic nitrogens is 1. The number of cyclic esters (lactones) is 1. The number of anilines is 1. The highest BCUT2D eigenvalue weighted by Gasteiger charge is 2.44. The number of H-pyrrole nitrogens is 1. The van der Waals surface area contributed by atoms with E-state index in [2.05, 4.69) is 9.88 Å². The molecule has 1 N–H and O–H groups in total. The van der Waals surface area contributed by atoms with Crippen LogP contribution in [0.3, 0.4) is 0 Å². The number of benzene rings is 2. The van der Waals surface area contributed by atoms with E-state index in [9.17, 15) is 14.0 Å². The van der Waals surface area contributed by atoms with Gasteiger partial charge in [0.2, 0.25) is 0 Å². The number of fused-ring (bicyclic) bond motifs is 1. The van der Waals surface area contributed by atoms with Gasteiger partial charge < -0.3 is 9.15 Å². The molecular formula is C24H27ClFN3O4. The fraction of sp³-hybridized carbons (Fsp3) is 0.417. The predicted molar refractivity (Wildman–Crippen MR) is 125 cm³/mol. The molecule has 1 saturated carbocycles. The molecule has 0 unspecified atom stereocenters. The van der Waals surface area contributed by atoms with Gasteiger partial charge in [-0.2, -0.15) is 0 Å². The van der Waals surface area contributed by atoms with Crippen molar-refractivity contribution < 1.29 is 18.3 Å². The average Bonchev–Trinajstić information content (AvgIpc) is 3.31. The van der Waals surface area contributed by atoms with E-state index in [1.54, 1.807) is 23.1 Å². The summed E-state index contributed by atoms with van der Waals surface area (Å²) in [7, 11) is 2.01. The second-order valence-electron chi connectivity index (χ2n) is 8.80. The zero-order valence-corrected chi connectivity index (χ0v) is 19.3. The van der Waals surface area contributed by atoms with Crippen molar-refractivity contribution in [1.29, 1.82) is 0 Å². The molecule has 5 rings (SSSR count). The first-order chi connectivity index (χ1) is 15.4. The molecule has 2 aliphatic rings. The number of likely N-dealkylation sites (N-methyl/N-ethyl adjacent to an activating group) is 1. The van der Waals surface area contributed by atoms with E-state index in [0.29, 0.717) is 28.7 Å². The number of hydrogen-bond donors (Lipinski definition) is 1. The van der Waals surface area contributed by atoms with E-state index in [-0.39, 0.29) is 30.5 Å². The number of nitrogens with zero attached hydrogens (tertiary/aromatic N) is 2. The first-order valence-electron chi connectivity index (χ1n) is 11.0. The number of carbonyl (C=O) groups excluding carboxylic acids is 1. The molecule has 9 heteroatoms. The lowest BCUT2D eigenvalue weighted by Crippen LogP contribution is -2.48. The van der Waals surface area contributed by atoms with Crippen LogP contribution in [0.4, 0.5) is 14.9 Å². The Bertz CT molecular complexity index is 1190. The first kappa shape index (κ1) is 23.3. The highest BCUT2D eigenvalue weighted by atomic mass is 35.5. The van der Waals surface area contributed by atoms with E-state index < -0.39 is 11.8 Å². The molecule has 0 bridgehead atoms. The highest BCUT2D eigenvalue weighted by Crippen LogP contribution is 2.37. The highest BCUT2D eigenvalue weighted by molar-refractivity contribution is 5.92. The number of nitrogens with one attached hydrogen (secondary N) is 1. The smallest absolute Gasteiger partial charge is 0.417 e. The second kappa shape index (κ2) is 9.19. The maximum atomic E-state index is 13.2. The van der Waals surface area contributed by atoms with Gasteiger partial charge in [-0.05, 0) is 75.4 Å². The zero-order valence-electron chi connectivity index (χ0n) is 18.5. The summed E-state index contributed by atoms with van der Waals surface area (Å²) in [6, 6.07) is 12.1. The lowest BCUT2D eigenvalue weighted by atomic mass is 9.81. The van der Waals surface area contributed by atoms with Crippen LogP contribution < -0.4 is 10.7 Å². The van der Waals surface area contributed by atoms with Crippen LogP contribution in [0.5, 0.6) is 0 Å². The number of ether oxygens (including phenoxy) is 1. The number of oxazole rings is 1. The molecule has 0 spiro atoms. The van der Waals surface area contributed by atoms with Gasteiger partial charge in [0.05, 0.1) is 17.2 Å². The lowest BCUT2D eigenvalue weighted by molar-refractivity contribution is -0.0117. The molecule has 1 aromatic heterocycles. The Morgan fingerprint density at radius 1 is 1.06 bits per heavy atom. The fourth-order valence-electron chi connectivity index (χ4n) is 5.16. The van der Waals surface area contributed by atoms with Crippen molar-refractivity contribution in [3.8, 4) is 0 Å². The summed E-state index contributed by atoms with van der Waals surface area (Å²) in [6.45, 7) is 1.97. The quantitative estimate of drug-likeness (QED) is 0.573. The molecular weight excluding hydrogens is 449 g/mol.